The van der Waals surface area contributed by atoms with E-state index in [1.165, 1.54) is 41.2 Å². The van der Waals surface area contributed by atoms with Crippen LogP contribution in [0.1, 0.15) is 21.5 Å². The number of nitrogens with zero attached hydrogens (tertiary/aromatic N) is 3. The maximum atomic E-state index is 13.9. The Morgan fingerprint density at radius 2 is 2.15 bits per heavy atom. The van der Waals surface area contributed by atoms with Crippen LogP contribution in [0, 0.1) is 22.9 Å². The molecule has 7 nitrogen and oxygen atoms in total. The molecule has 27 heavy (non-hydrogen) atoms. The molecule has 1 heterocycles. The highest BCUT2D eigenvalue weighted by Crippen LogP contribution is 2.21. The maximum absolute atomic E-state index is 13.9. The first kappa shape index (κ1) is 18.5. The van der Waals surface area contributed by atoms with Crippen LogP contribution in [0.25, 0.3) is 0 Å². The number of nitro benzene ring substituents is 1. The number of nitro groups is 1. The zero-order valence-corrected chi connectivity index (χ0v) is 14.9. The highest BCUT2D eigenvalue weighted by atomic mass is 35.5. The van der Waals surface area contributed by atoms with Crippen LogP contribution in [0.5, 0.6) is 0 Å². The number of carbonyl (C=O) groups excluding carboxylic acids is 1. The quantitative estimate of drug-likeness (QED) is 0.524. The van der Waals surface area contributed by atoms with Crippen LogP contribution in [0.3, 0.4) is 0 Å². The number of amides is 1. The molecule has 0 aliphatic heterocycles. The number of aryl methyl sites for hydroxylation is 1. The van der Waals surface area contributed by atoms with Crippen LogP contribution in [0.15, 0.2) is 48.8 Å². The Kier molecular flexibility index (Phi) is 5.18. The fraction of sp³-hybridized carbons (Fsp3) is 0.111. The lowest BCUT2D eigenvalue weighted by Crippen LogP contribution is -2.12. The van der Waals surface area contributed by atoms with Gasteiger partial charge in [0, 0.05) is 34.0 Å². The minimum absolute atomic E-state index is 0.0545. The number of benzene rings is 2. The number of rotatable bonds is 5. The van der Waals surface area contributed by atoms with E-state index < -0.39 is 16.6 Å². The Morgan fingerprint density at radius 1 is 1.37 bits per heavy atom. The molecular weight excluding hydrogens is 375 g/mol. The van der Waals surface area contributed by atoms with Crippen molar-refractivity contribution in [2.45, 2.75) is 13.5 Å². The number of hydrogen-bond donors (Lipinski definition) is 1. The van der Waals surface area contributed by atoms with E-state index in [0.717, 1.165) is 0 Å². The second-order valence-corrected chi connectivity index (χ2v) is 6.25. The third-order valence-corrected chi connectivity index (χ3v) is 4.28. The molecule has 0 atom stereocenters. The summed E-state index contributed by atoms with van der Waals surface area (Å²) in [5.74, 6) is -0.874. The van der Waals surface area contributed by atoms with Crippen molar-refractivity contribution in [3.8, 4) is 0 Å². The predicted octanol–water partition coefficient (Wildman–Crippen LogP) is 4.19. The van der Waals surface area contributed by atoms with Crippen molar-refractivity contribution >= 4 is 28.9 Å². The fourth-order valence-corrected chi connectivity index (χ4v) is 2.79. The van der Waals surface area contributed by atoms with E-state index in [0.29, 0.717) is 16.8 Å². The monoisotopic (exact) mass is 388 g/mol. The molecule has 138 valence electrons. The summed E-state index contributed by atoms with van der Waals surface area (Å²) in [6.07, 6.45) is 2.96. The van der Waals surface area contributed by atoms with Gasteiger partial charge < -0.3 is 5.32 Å². The van der Waals surface area contributed by atoms with Gasteiger partial charge in [-0.25, -0.2) is 4.39 Å². The third-order valence-electron chi connectivity index (χ3n) is 3.93. The van der Waals surface area contributed by atoms with Crippen LogP contribution in [0.4, 0.5) is 15.8 Å². The number of nitrogens with one attached hydrogen (secondary N) is 1. The highest BCUT2D eigenvalue weighted by molar-refractivity contribution is 6.31. The van der Waals surface area contributed by atoms with E-state index in [1.54, 1.807) is 19.2 Å². The van der Waals surface area contributed by atoms with Crippen LogP contribution in [-0.4, -0.2) is 20.6 Å². The summed E-state index contributed by atoms with van der Waals surface area (Å²) in [5, 5.41) is 17.9. The minimum atomic E-state index is -0.505. The van der Waals surface area contributed by atoms with Gasteiger partial charge in [-0.15, -0.1) is 0 Å². The average molecular weight is 389 g/mol. The molecule has 0 saturated heterocycles. The molecule has 0 bridgehead atoms. The van der Waals surface area contributed by atoms with Crippen molar-refractivity contribution in [1.29, 1.82) is 0 Å². The molecule has 0 unspecified atom stereocenters. The summed E-state index contributed by atoms with van der Waals surface area (Å²) < 4.78 is 15.3. The molecule has 3 aromatic rings. The number of hydrogen-bond acceptors (Lipinski definition) is 4. The first-order valence-corrected chi connectivity index (χ1v) is 8.24. The van der Waals surface area contributed by atoms with Crippen LogP contribution >= 0.6 is 11.6 Å². The molecule has 3 rings (SSSR count). The number of carbonyl (C=O) groups is 1. The third kappa shape index (κ3) is 4.12. The maximum Gasteiger partial charge on any atom is 0.272 e. The van der Waals surface area contributed by atoms with E-state index in [9.17, 15) is 19.3 Å². The molecule has 2 aromatic carbocycles. The van der Waals surface area contributed by atoms with Crippen LogP contribution in [-0.2, 0) is 6.54 Å². The van der Waals surface area contributed by atoms with Crippen molar-refractivity contribution < 1.29 is 14.1 Å². The van der Waals surface area contributed by atoms with E-state index >= 15 is 0 Å². The Morgan fingerprint density at radius 3 is 2.81 bits per heavy atom. The summed E-state index contributed by atoms with van der Waals surface area (Å²) in [6, 6.07) is 8.52. The highest BCUT2D eigenvalue weighted by Gasteiger charge is 2.15. The van der Waals surface area contributed by atoms with E-state index in [2.05, 4.69) is 10.4 Å². The Bertz CT molecular complexity index is 1010. The molecule has 0 aliphatic carbocycles. The molecule has 0 spiro atoms. The second kappa shape index (κ2) is 7.55. The Hall–Kier alpha value is -3.26. The molecular formula is C18H14ClFN4O3. The van der Waals surface area contributed by atoms with Gasteiger partial charge in [0.05, 0.1) is 23.4 Å². The smallest absolute Gasteiger partial charge is 0.272 e. The molecule has 9 heteroatoms. The first-order valence-electron chi connectivity index (χ1n) is 7.87. The van der Waals surface area contributed by atoms with Gasteiger partial charge in [0.2, 0.25) is 0 Å². The van der Waals surface area contributed by atoms with Crippen molar-refractivity contribution in [3.05, 3.63) is 86.4 Å². The SMILES string of the molecule is Cc1cc(C(=O)Nc2cnn(Cc3c(F)cccc3Cl)c2)ccc1[N+](=O)[O-]. The van der Waals surface area contributed by atoms with Gasteiger partial charge in [-0.05, 0) is 31.2 Å². The summed E-state index contributed by atoms with van der Waals surface area (Å²) in [4.78, 5) is 22.7. The molecule has 1 amide bonds. The van der Waals surface area contributed by atoms with Gasteiger partial charge in [-0.1, -0.05) is 17.7 Å². The van der Waals surface area contributed by atoms with Crippen molar-refractivity contribution in [1.82, 2.24) is 9.78 Å². The molecule has 0 radical (unpaired) electrons. The lowest BCUT2D eigenvalue weighted by atomic mass is 10.1. The summed E-state index contributed by atoms with van der Waals surface area (Å²) in [5.41, 5.74) is 1.32. The lowest BCUT2D eigenvalue weighted by molar-refractivity contribution is -0.385. The predicted molar refractivity (Wildman–Crippen MR) is 98.5 cm³/mol. The van der Waals surface area contributed by atoms with E-state index in [-0.39, 0.29) is 22.8 Å². The van der Waals surface area contributed by atoms with Crippen molar-refractivity contribution in [2.75, 3.05) is 5.32 Å². The van der Waals surface area contributed by atoms with Crippen LogP contribution < -0.4 is 5.32 Å². The topological polar surface area (TPSA) is 90.1 Å². The average Bonchev–Trinajstić information content (AvgIpc) is 3.05. The van der Waals surface area contributed by atoms with Gasteiger partial charge >= 0.3 is 0 Å². The lowest BCUT2D eigenvalue weighted by Gasteiger charge is -2.06. The molecule has 1 N–H and O–H groups in total. The number of anilines is 1. The summed E-state index contributed by atoms with van der Waals surface area (Å²) >= 11 is 6.00. The van der Waals surface area contributed by atoms with Gasteiger partial charge in [-0.3, -0.25) is 19.6 Å². The first-order chi connectivity index (χ1) is 12.8. The largest absolute Gasteiger partial charge is 0.319 e. The van der Waals surface area contributed by atoms with Gasteiger partial charge in [0.1, 0.15) is 5.82 Å². The summed E-state index contributed by atoms with van der Waals surface area (Å²) in [6.45, 7) is 1.67. The van der Waals surface area contributed by atoms with Gasteiger partial charge in [0.25, 0.3) is 11.6 Å². The second-order valence-electron chi connectivity index (χ2n) is 5.84. The van der Waals surface area contributed by atoms with Crippen molar-refractivity contribution in [2.24, 2.45) is 0 Å². The normalized spacial score (nSPS) is 10.6. The zero-order valence-electron chi connectivity index (χ0n) is 14.1. The summed E-state index contributed by atoms with van der Waals surface area (Å²) in [7, 11) is 0. The molecule has 1 aromatic heterocycles. The zero-order chi connectivity index (χ0) is 19.6. The van der Waals surface area contributed by atoms with Gasteiger partial charge in [-0.2, -0.15) is 5.10 Å². The standard InChI is InChI=1S/C18H14ClFN4O3/c1-11-7-12(5-6-17(11)24(26)27)18(25)22-13-8-21-23(9-13)10-14-15(19)3-2-4-16(14)20/h2-9H,10H2,1H3,(H,22,25). The van der Waals surface area contributed by atoms with Crippen molar-refractivity contribution in [3.63, 3.8) is 0 Å². The van der Waals surface area contributed by atoms with Crippen LogP contribution in [0.2, 0.25) is 5.02 Å². The Balaban J connectivity index is 1.73. The molecule has 0 aliphatic rings. The molecule has 0 fully saturated rings. The molecule has 0 saturated carbocycles. The fourth-order valence-electron chi connectivity index (χ4n) is 2.56. The van der Waals surface area contributed by atoms with E-state index in [4.69, 9.17) is 11.6 Å². The number of halogens is 2. The van der Waals surface area contributed by atoms with Gasteiger partial charge in [0.15, 0.2) is 0 Å². The Labute approximate surface area is 158 Å². The van der Waals surface area contributed by atoms with E-state index in [1.807, 2.05) is 0 Å². The minimum Gasteiger partial charge on any atom is -0.319 e. The number of aromatic nitrogens is 2.